The predicted octanol–water partition coefficient (Wildman–Crippen LogP) is 3.89. The monoisotopic (exact) mass is 567 g/mol. The van der Waals surface area contributed by atoms with Crippen LogP contribution in [-0.2, 0) is 37.4 Å². The lowest BCUT2D eigenvalue weighted by atomic mass is 10.1. The number of rotatable bonds is 9. The van der Waals surface area contributed by atoms with E-state index in [1.54, 1.807) is 5.38 Å². The number of nitrogens with zero attached hydrogens (tertiary/aromatic N) is 2. The van der Waals surface area contributed by atoms with Gasteiger partial charge in [-0.1, -0.05) is 18.2 Å². The summed E-state index contributed by atoms with van der Waals surface area (Å²) in [7, 11) is -9.23. The lowest BCUT2D eigenvalue weighted by Crippen LogP contribution is -2.35. The van der Waals surface area contributed by atoms with Gasteiger partial charge in [-0.2, -0.15) is 3.71 Å². The number of nitrogens with one attached hydrogen (secondary N) is 1. The number of para-hydroxylation sites is 1. The minimum absolute atomic E-state index is 0.157. The van der Waals surface area contributed by atoms with Gasteiger partial charge in [0.25, 0.3) is 0 Å². The van der Waals surface area contributed by atoms with Gasteiger partial charge in [-0.05, 0) is 67.6 Å². The molecule has 2 heterocycles. The van der Waals surface area contributed by atoms with Crippen molar-refractivity contribution < 1.29 is 21.0 Å². The summed E-state index contributed by atoms with van der Waals surface area (Å²) in [5.41, 5.74) is 4.33. The van der Waals surface area contributed by atoms with Crippen molar-refractivity contribution in [3.05, 3.63) is 63.8 Å². The number of benzene rings is 2. The molecule has 1 unspecified atom stereocenters. The first kappa shape index (κ1) is 26.8. The number of hydrogen-bond acceptors (Lipinski definition) is 8. The third kappa shape index (κ3) is 5.23. The fourth-order valence-corrected chi connectivity index (χ4v) is 9.77. The standard InChI is InChI=1S/C24H29N3O5S4/c1-17-10-11-23-24(18(17)2)26(20-8-5-6-9-22(20)34(23)28)14-7-13-25-16-21-19(12-15-33-21)27(35(3,29)30)36(4,31)32/h5-6,8-12,15,25H,7,13-14,16H2,1-4H3. The van der Waals surface area contributed by atoms with E-state index >= 15 is 0 Å². The average Bonchev–Trinajstić information content (AvgIpc) is 3.23. The van der Waals surface area contributed by atoms with E-state index < -0.39 is 30.8 Å². The number of fused-ring (bicyclic) bond motifs is 2. The molecule has 0 spiro atoms. The van der Waals surface area contributed by atoms with Crippen LogP contribution in [0.1, 0.15) is 22.4 Å². The van der Waals surface area contributed by atoms with Gasteiger partial charge in [-0.25, -0.2) is 21.0 Å². The Labute approximate surface area is 219 Å². The Balaban J connectivity index is 1.49. The SMILES string of the molecule is Cc1ccc2c(c1C)N(CCCNCc1sccc1N(S(C)(=O)=O)S(C)(=O)=O)c1ccccc1S2=O. The van der Waals surface area contributed by atoms with E-state index in [9.17, 15) is 21.0 Å². The van der Waals surface area contributed by atoms with Gasteiger partial charge in [0.05, 0.1) is 50.2 Å². The molecule has 2 aromatic carbocycles. The van der Waals surface area contributed by atoms with Gasteiger partial charge >= 0.3 is 0 Å². The lowest BCUT2D eigenvalue weighted by molar-refractivity contribution is 0.590. The van der Waals surface area contributed by atoms with Gasteiger partial charge in [-0.15, -0.1) is 11.3 Å². The van der Waals surface area contributed by atoms with Crippen LogP contribution in [0.4, 0.5) is 17.1 Å². The number of sulfonamides is 2. The molecule has 0 radical (unpaired) electrons. The largest absolute Gasteiger partial charge is 0.339 e. The third-order valence-corrected chi connectivity index (χ3v) is 11.6. The highest BCUT2D eigenvalue weighted by Gasteiger charge is 2.31. The van der Waals surface area contributed by atoms with Crippen LogP contribution in [0.5, 0.6) is 0 Å². The number of anilines is 3. The summed E-state index contributed by atoms with van der Waals surface area (Å²) in [4.78, 5) is 4.46. The smallest absolute Gasteiger partial charge is 0.245 e. The van der Waals surface area contributed by atoms with E-state index in [2.05, 4.69) is 17.1 Å². The van der Waals surface area contributed by atoms with Crippen LogP contribution in [0.3, 0.4) is 0 Å². The quantitative estimate of drug-likeness (QED) is 0.391. The van der Waals surface area contributed by atoms with Gasteiger partial charge < -0.3 is 10.2 Å². The third-order valence-electron chi connectivity index (χ3n) is 6.03. The zero-order chi connectivity index (χ0) is 26.3. The van der Waals surface area contributed by atoms with Gasteiger partial charge in [0, 0.05) is 18.0 Å². The van der Waals surface area contributed by atoms with Crippen LogP contribution in [-0.4, -0.2) is 46.6 Å². The van der Waals surface area contributed by atoms with Crippen molar-refractivity contribution in [3.63, 3.8) is 0 Å². The molecule has 194 valence electrons. The molecule has 1 aromatic heterocycles. The fraction of sp³-hybridized carbons (Fsp3) is 0.333. The van der Waals surface area contributed by atoms with Gasteiger partial charge in [-0.3, -0.25) is 0 Å². The topological polar surface area (TPSA) is 104 Å². The summed E-state index contributed by atoms with van der Waals surface area (Å²) < 4.78 is 62.4. The summed E-state index contributed by atoms with van der Waals surface area (Å²) in [6.07, 6.45) is 2.53. The zero-order valence-electron chi connectivity index (χ0n) is 20.5. The van der Waals surface area contributed by atoms with E-state index in [1.165, 1.54) is 17.4 Å². The molecule has 1 N–H and O–H groups in total. The second-order valence-electron chi connectivity index (χ2n) is 8.72. The Morgan fingerprint density at radius 1 is 0.972 bits per heavy atom. The highest BCUT2D eigenvalue weighted by Crippen LogP contribution is 2.44. The molecule has 1 atom stereocenters. The van der Waals surface area contributed by atoms with Crippen LogP contribution in [0, 0.1) is 13.8 Å². The molecular formula is C24H29N3O5S4. The summed E-state index contributed by atoms with van der Waals surface area (Å²) in [6.45, 7) is 5.75. The molecule has 0 aliphatic carbocycles. The van der Waals surface area contributed by atoms with Crippen molar-refractivity contribution >= 4 is 59.2 Å². The van der Waals surface area contributed by atoms with Crippen molar-refractivity contribution in [3.8, 4) is 0 Å². The number of aryl methyl sites for hydroxylation is 1. The Morgan fingerprint density at radius 3 is 2.36 bits per heavy atom. The zero-order valence-corrected chi connectivity index (χ0v) is 23.8. The summed E-state index contributed by atoms with van der Waals surface area (Å²) in [6, 6.07) is 13.2. The normalized spacial score (nSPS) is 15.4. The minimum atomic E-state index is -3.99. The average molecular weight is 568 g/mol. The van der Waals surface area contributed by atoms with Crippen molar-refractivity contribution in [1.29, 1.82) is 0 Å². The maximum absolute atomic E-state index is 13.2. The van der Waals surface area contributed by atoms with Gasteiger partial charge in [0.15, 0.2) is 0 Å². The van der Waals surface area contributed by atoms with Crippen LogP contribution in [0.15, 0.2) is 57.6 Å². The van der Waals surface area contributed by atoms with Crippen LogP contribution in [0.25, 0.3) is 0 Å². The maximum Gasteiger partial charge on any atom is 0.245 e. The van der Waals surface area contributed by atoms with Crippen molar-refractivity contribution in [2.24, 2.45) is 0 Å². The van der Waals surface area contributed by atoms with Crippen molar-refractivity contribution in [2.75, 3.05) is 34.2 Å². The van der Waals surface area contributed by atoms with Crippen molar-refractivity contribution in [2.45, 2.75) is 36.6 Å². The number of hydrogen-bond donors (Lipinski definition) is 1. The molecule has 8 nitrogen and oxygen atoms in total. The highest BCUT2D eigenvalue weighted by molar-refractivity contribution is 8.09. The van der Waals surface area contributed by atoms with Crippen LogP contribution >= 0.6 is 11.3 Å². The minimum Gasteiger partial charge on any atom is -0.339 e. The first-order valence-corrected chi connectivity index (χ1v) is 17.0. The maximum atomic E-state index is 13.2. The molecular weight excluding hydrogens is 539 g/mol. The lowest BCUT2D eigenvalue weighted by Gasteiger charge is -2.34. The second-order valence-corrected chi connectivity index (χ2v) is 15.0. The van der Waals surface area contributed by atoms with Crippen LogP contribution < -0.4 is 13.9 Å². The van der Waals surface area contributed by atoms with E-state index in [0.29, 0.717) is 28.2 Å². The molecule has 0 bridgehead atoms. The Kier molecular flexibility index (Phi) is 7.63. The van der Waals surface area contributed by atoms with E-state index in [0.717, 1.165) is 51.2 Å². The van der Waals surface area contributed by atoms with Gasteiger partial charge in [0.1, 0.15) is 0 Å². The van der Waals surface area contributed by atoms with E-state index in [-0.39, 0.29) is 5.69 Å². The van der Waals surface area contributed by atoms with Crippen molar-refractivity contribution in [1.82, 2.24) is 5.32 Å². The predicted molar refractivity (Wildman–Crippen MR) is 147 cm³/mol. The fourth-order valence-electron chi connectivity index (χ4n) is 4.37. The highest BCUT2D eigenvalue weighted by atomic mass is 32.3. The molecule has 1 aliphatic rings. The molecule has 1 aliphatic heterocycles. The van der Waals surface area contributed by atoms with Gasteiger partial charge in [0.2, 0.25) is 20.0 Å². The molecule has 0 amide bonds. The molecule has 0 fully saturated rings. The second kappa shape index (κ2) is 10.3. The molecule has 0 saturated carbocycles. The molecule has 0 saturated heterocycles. The van der Waals surface area contributed by atoms with E-state index in [4.69, 9.17) is 0 Å². The molecule has 36 heavy (non-hydrogen) atoms. The summed E-state index contributed by atoms with van der Waals surface area (Å²) in [5, 5.41) is 5.00. The Hall–Kier alpha value is -2.25. The first-order valence-electron chi connectivity index (χ1n) is 11.3. The molecule has 4 rings (SSSR count). The Bertz CT molecular complexity index is 1500. The number of thiophene rings is 1. The van der Waals surface area contributed by atoms with Crippen LogP contribution in [0.2, 0.25) is 0 Å². The summed E-state index contributed by atoms with van der Waals surface area (Å²) in [5.74, 6) is 0. The first-order chi connectivity index (χ1) is 16.9. The van der Waals surface area contributed by atoms with E-state index in [1.807, 2.05) is 43.3 Å². The summed E-state index contributed by atoms with van der Waals surface area (Å²) >= 11 is 1.30. The molecule has 3 aromatic rings. The molecule has 12 heteroatoms. The Morgan fingerprint density at radius 2 is 1.67 bits per heavy atom.